The van der Waals surface area contributed by atoms with E-state index in [2.05, 4.69) is 0 Å². The predicted octanol–water partition coefficient (Wildman–Crippen LogP) is 5.67. The number of nitro benzene ring substituents is 1. The number of fused-ring (bicyclic) bond motifs is 5. The second kappa shape index (κ2) is 8.03. The van der Waals surface area contributed by atoms with Gasteiger partial charge < -0.3 is 0 Å². The first-order valence-corrected chi connectivity index (χ1v) is 11.7. The van der Waals surface area contributed by atoms with Crippen molar-refractivity contribution in [2.24, 2.45) is 23.7 Å². The van der Waals surface area contributed by atoms with Crippen LogP contribution in [-0.4, -0.2) is 16.7 Å². The fraction of sp³-hybridized carbons (Fsp3) is 0.143. The first kappa shape index (κ1) is 21.5. The normalized spacial score (nSPS) is 24.3. The van der Waals surface area contributed by atoms with Gasteiger partial charge in [-0.3, -0.25) is 19.7 Å². The fourth-order valence-electron chi connectivity index (χ4n) is 5.83. The number of amides is 2. The number of nitro groups is 1. The molecule has 1 aliphatic heterocycles. The molecular formula is C28H19ClN2O4. The Morgan fingerprint density at radius 1 is 0.800 bits per heavy atom. The SMILES string of the molecule is O=C1[C@H]2[C@H](C(=O)N1c1cc([N+](=O)[O-])ccc1Cl)[C@H]1C=C[C@H]2C1=C(c1ccccc1)c1ccccc1. The van der Waals surface area contributed by atoms with E-state index in [1.165, 1.54) is 18.2 Å². The summed E-state index contributed by atoms with van der Waals surface area (Å²) in [5.74, 6) is -2.33. The second-order valence-corrected chi connectivity index (χ2v) is 9.36. The van der Waals surface area contributed by atoms with Crippen LogP contribution in [0.4, 0.5) is 11.4 Å². The molecule has 1 saturated carbocycles. The molecule has 3 aliphatic rings. The average Bonchev–Trinajstić information content (AvgIpc) is 3.50. The van der Waals surface area contributed by atoms with Crippen molar-refractivity contribution in [3.63, 3.8) is 0 Å². The highest BCUT2D eigenvalue weighted by Gasteiger charge is 2.62. The number of non-ortho nitro benzene ring substituents is 1. The lowest BCUT2D eigenvalue weighted by Crippen LogP contribution is -2.33. The molecular weight excluding hydrogens is 464 g/mol. The van der Waals surface area contributed by atoms with Crippen molar-refractivity contribution in [1.29, 1.82) is 0 Å². The maximum Gasteiger partial charge on any atom is 0.271 e. The van der Waals surface area contributed by atoms with Gasteiger partial charge in [0.15, 0.2) is 0 Å². The van der Waals surface area contributed by atoms with Crippen molar-refractivity contribution < 1.29 is 14.5 Å². The van der Waals surface area contributed by atoms with E-state index >= 15 is 0 Å². The van der Waals surface area contributed by atoms with Gasteiger partial charge in [-0.1, -0.05) is 84.4 Å². The molecule has 6 rings (SSSR count). The molecule has 2 bridgehead atoms. The van der Waals surface area contributed by atoms with Crippen molar-refractivity contribution in [2.45, 2.75) is 0 Å². The molecule has 6 nitrogen and oxygen atoms in total. The van der Waals surface area contributed by atoms with Gasteiger partial charge in [-0.25, -0.2) is 4.90 Å². The van der Waals surface area contributed by atoms with Crippen LogP contribution in [0.15, 0.2) is 96.6 Å². The number of anilines is 1. The zero-order valence-corrected chi connectivity index (χ0v) is 19.1. The average molecular weight is 483 g/mol. The molecule has 35 heavy (non-hydrogen) atoms. The third-order valence-corrected chi connectivity index (χ3v) is 7.53. The quantitative estimate of drug-likeness (QED) is 0.207. The van der Waals surface area contributed by atoms with Gasteiger partial charge in [0.2, 0.25) is 11.8 Å². The summed E-state index contributed by atoms with van der Waals surface area (Å²) in [4.78, 5) is 39.2. The Morgan fingerprint density at radius 2 is 1.31 bits per heavy atom. The molecule has 3 aromatic carbocycles. The van der Waals surface area contributed by atoms with Gasteiger partial charge in [-0.2, -0.15) is 0 Å². The monoisotopic (exact) mass is 482 g/mol. The van der Waals surface area contributed by atoms with E-state index in [0.717, 1.165) is 27.2 Å². The molecule has 0 N–H and O–H groups in total. The van der Waals surface area contributed by atoms with Crippen molar-refractivity contribution in [3.05, 3.63) is 123 Å². The van der Waals surface area contributed by atoms with Gasteiger partial charge >= 0.3 is 0 Å². The zero-order chi connectivity index (χ0) is 24.3. The van der Waals surface area contributed by atoms with Gasteiger partial charge in [0.05, 0.1) is 27.5 Å². The molecule has 172 valence electrons. The van der Waals surface area contributed by atoms with E-state index in [4.69, 9.17) is 11.6 Å². The van der Waals surface area contributed by atoms with E-state index in [9.17, 15) is 19.7 Å². The molecule has 2 fully saturated rings. The lowest BCUT2D eigenvalue weighted by molar-refractivity contribution is -0.384. The number of hydrogen-bond acceptors (Lipinski definition) is 4. The first-order valence-electron chi connectivity index (χ1n) is 11.3. The van der Waals surface area contributed by atoms with Crippen molar-refractivity contribution in [3.8, 4) is 0 Å². The first-order chi connectivity index (χ1) is 17.0. The summed E-state index contributed by atoms with van der Waals surface area (Å²) in [6, 6.07) is 23.8. The molecule has 0 unspecified atom stereocenters. The number of benzene rings is 3. The lowest BCUT2D eigenvalue weighted by atomic mass is 9.85. The third kappa shape index (κ3) is 3.17. The molecule has 7 heteroatoms. The van der Waals surface area contributed by atoms with Crippen LogP contribution in [0.3, 0.4) is 0 Å². The maximum absolute atomic E-state index is 13.7. The summed E-state index contributed by atoms with van der Waals surface area (Å²) in [6.45, 7) is 0. The fourth-order valence-corrected chi connectivity index (χ4v) is 6.03. The minimum absolute atomic E-state index is 0.0709. The van der Waals surface area contributed by atoms with E-state index in [-0.39, 0.29) is 40.0 Å². The number of halogens is 1. The Hall–Kier alpha value is -4.03. The van der Waals surface area contributed by atoms with Crippen molar-refractivity contribution >= 4 is 40.4 Å². The summed E-state index contributed by atoms with van der Waals surface area (Å²) < 4.78 is 0. The Morgan fingerprint density at radius 3 is 1.80 bits per heavy atom. The Balaban J connectivity index is 1.48. The minimum atomic E-state index is -0.566. The molecule has 3 aromatic rings. The third-order valence-electron chi connectivity index (χ3n) is 7.21. The molecule has 0 spiro atoms. The maximum atomic E-state index is 13.7. The van der Waals surface area contributed by atoms with Crippen LogP contribution in [0, 0.1) is 33.8 Å². The number of hydrogen-bond donors (Lipinski definition) is 0. The van der Waals surface area contributed by atoms with Gasteiger partial charge in [-0.05, 0) is 28.3 Å². The summed E-state index contributed by atoms with van der Waals surface area (Å²) in [5.41, 5.74) is 4.03. The van der Waals surface area contributed by atoms with Gasteiger partial charge in [-0.15, -0.1) is 0 Å². The van der Waals surface area contributed by atoms with Gasteiger partial charge in [0.1, 0.15) is 0 Å². The Bertz CT molecular complexity index is 1370. The molecule has 4 atom stereocenters. The Labute approximate surface area is 206 Å². The molecule has 1 heterocycles. The number of imide groups is 1. The van der Waals surface area contributed by atoms with Gasteiger partial charge in [0.25, 0.3) is 5.69 Å². The standard InChI is InChI=1S/C28H19ClN2O4/c29-21-14-11-18(31(34)35)15-22(21)30-27(32)25-19-12-13-20(26(25)28(30)33)24(19)23(16-7-3-1-4-8-16)17-9-5-2-6-10-17/h1-15,19-20,25-26H/t19-,20-,25+,26+/m0/s1. The summed E-state index contributed by atoms with van der Waals surface area (Å²) in [6.07, 6.45) is 4.05. The van der Waals surface area contributed by atoms with Gasteiger partial charge in [0, 0.05) is 24.0 Å². The lowest BCUT2D eigenvalue weighted by Gasteiger charge is -2.22. The number of allylic oxidation sites excluding steroid dienone is 3. The highest BCUT2D eigenvalue weighted by atomic mass is 35.5. The molecule has 2 aliphatic carbocycles. The predicted molar refractivity (Wildman–Crippen MR) is 133 cm³/mol. The molecule has 1 saturated heterocycles. The minimum Gasteiger partial charge on any atom is -0.274 e. The number of rotatable bonds is 4. The van der Waals surface area contributed by atoms with E-state index in [1.807, 2.05) is 72.8 Å². The number of nitrogens with zero attached hydrogens (tertiary/aromatic N) is 2. The highest BCUT2D eigenvalue weighted by Crippen LogP contribution is 2.59. The smallest absolute Gasteiger partial charge is 0.271 e. The summed E-state index contributed by atoms with van der Waals surface area (Å²) in [5, 5.41) is 11.4. The topological polar surface area (TPSA) is 80.5 Å². The summed E-state index contributed by atoms with van der Waals surface area (Å²) in [7, 11) is 0. The van der Waals surface area contributed by atoms with E-state index in [1.54, 1.807) is 0 Å². The van der Waals surface area contributed by atoms with Crippen LogP contribution in [0.2, 0.25) is 5.02 Å². The van der Waals surface area contributed by atoms with Crippen LogP contribution in [0.1, 0.15) is 11.1 Å². The van der Waals surface area contributed by atoms with Crippen LogP contribution in [-0.2, 0) is 9.59 Å². The number of carbonyl (C=O) groups excluding carboxylic acids is 2. The summed E-state index contributed by atoms with van der Waals surface area (Å²) >= 11 is 6.30. The van der Waals surface area contributed by atoms with Crippen LogP contribution < -0.4 is 4.90 Å². The van der Waals surface area contributed by atoms with Crippen LogP contribution >= 0.6 is 11.6 Å². The Kier molecular flexibility index (Phi) is 4.93. The molecule has 0 aromatic heterocycles. The van der Waals surface area contributed by atoms with Crippen molar-refractivity contribution in [2.75, 3.05) is 4.90 Å². The highest BCUT2D eigenvalue weighted by molar-refractivity contribution is 6.36. The largest absolute Gasteiger partial charge is 0.274 e. The van der Waals surface area contributed by atoms with Crippen LogP contribution in [0.25, 0.3) is 5.57 Å². The van der Waals surface area contributed by atoms with Crippen LogP contribution in [0.5, 0.6) is 0 Å². The van der Waals surface area contributed by atoms with Crippen molar-refractivity contribution in [1.82, 2.24) is 0 Å². The molecule has 2 amide bonds. The number of carbonyl (C=O) groups is 2. The second-order valence-electron chi connectivity index (χ2n) is 8.96. The zero-order valence-electron chi connectivity index (χ0n) is 18.4. The molecule has 0 radical (unpaired) electrons. The van der Waals surface area contributed by atoms with E-state index in [0.29, 0.717) is 0 Å². The van der Waals surface area contributed by atoms with E-state index < -0.39 is 16.8 Å².